The van der Waals surface area contributed by atoms with E-state index in [4.69, 9.17) is 0 Å². The Kier molecular flexibility index (Phi) is 3.19. The number of aryl methyl sites for hydroxylation is 1. The first-order valence-electron chi connectivity index (χ1n) is 6.27. The zero-order valence-electron chi connectivity index (χ0n) is 11.2. The zero-order chi connectivity index (χ0) is 14.8. The number of fused-ring (bicyclic) bond motifs is 1. The number of nitrogens with one attached hydrogen (secondary N) is 2. The summed E-state index contributed by atoms with van der Waals surface area (Å²) in [4.78, 5) is 25.9. The van der Waals surface area contributed by atoms with Gasteiger partial charge in [0.25, 0.3) is 5.69 Å². The molecular weight excluding hydrogens is 272 g/mol. The van der Waals surface area contributed by atoms with Gasteiger partial charge in [0.2, 0.25) is 0 Å². The van der Waals surface area contributed by atoms with Gasteiger partial charge < -0.3 is 10.3 Å². The first-order valence-corrected chi connectivity index (χ1v) is 6.27. The van der Waals surface area contributed by atoms with Crippen molar-refractivity contribution in [3.63, 3.8) is 0 Å². The van der Waals surface area contributed by atoms with Crippen LogP contribution in [0, 0.1) is 17.0 Å². The van der Waals surface area contributed by atoms with Crippen LogP contribution in [0.15, 0.2) is 30.9 Å². The second kappa shape index (κ2) is 5.16. The van der Waals surface area contributed by atoms with Gasteiger partial charge in [0.15, 0.2) is 11.5 Å². The molecule has 0 aliphatic carbocycles. The van der Waals surface area contributed by atoms with E-state index in [1.807, 2.05) is 13.0 Å². The minimum atomic E-state index is -0.381. The van der Waals surface area contributed by atoms with Crippen LogP contribution in [0.3, 0.4) is 0 Å². The van der Waals surface area contributed by atoms with Gasteiger partial charge in [-0.2, -0.15) is 0 Å². The minimum Gasteiger partial charge on any atom is -0.364 e. The van der Waals surface area contributed by atoms with E-state index >= 15 is 0 Å². The third-order valence-electron chi connectivity index (χ3n) is 3.10. The quantitative estimate of drug-likeness (QED) is 0.561. The van der Waals surface area contributed by atoms with Crippen molar-refractivity contribution in [2.75, 3.05) is 5.32 Å². The number of benzene rings is 1. The molecule has 2 heterocycles. The molecule has 0 unspecified atom stereocenters. The monoisotopic (exact) mass is 284 g/mol. The molecule has 1 aromatic carbocycles. The number of aromatic nitrogens is 4. The highest BCUT2D eigenvalue weighted by atomic mass is 16.6. The Labute approximate surface area is 119 Å². The van der Waals surface area contributed by atoms with Gasteiger partial charge in [0.05, 0.1) is 11.3 Å². The summed E-state index contributed by atoms with van der Waals surface area (Å²) in [6.07, 6.45) is 2.94. The molecule has 3 aromatic rings. The predicted molar refractivity (Wildman–Crippen MR) is 76.8 cm³/mol. The number of hydrogen-bond acceptors (Lipinski definition) is 6. The summed E-state index contributed by atoms with van der Waals surface area (Å²) in [5.74, 6) is 0.538. The number of nitro groups is 1. The van der Waals surface area contributed by atoms with Crippen LogP contribution in [-0.2, 0) is 6.54 Å². The smallest absolute Gasteiger partial charge is 0.274 e. The Morgan fingerprint density at radius 3 is 3.00 bits per heavy atom. The largest absolute Gasteiger partial charge is 0.364 e. The maximum Gasteiger partial charge on any atom is 0.274 e. The van der Waals surface area contributed by atoms with Gasteiger partial charge in [-0.3, -0.25) is 10.1 Å². The predicted octanol–water partition coefficient (Wildman–Crippen LogP) is 2.18. The van der Waals surface area contributed by atoms with Crippen molar-refractivity contribution in [2.24, 2.45) is 0 Å². The maximum atomic E-state index is 11.1. The van der Waals surface area contributed by atoms with Crippen LogP contribution in [0.25, 0.3) is 11.2 Å². The summed E-state index contributed by atoms with van der Waals surface area (Å²) >= 11 is 0. The van der Waals surface area contributed by atoms with Gasteiger partial charge in [0.1, 0.15) is 11.8 Å². The Hall–Kier alpha value is -3.03. The molecule has 21 heavy (non-hydrogen) atoms. The van der Waals surface area contributed by atoms with Gasteiger partial charge >= 0.3 is 0 Å². The molecule has 0 aliphatic heterocycles. The van der Waals surface area contributed by atoms with Crippen molar-refractivity contribution in [3.05, 3.63) is 52.1 Å². The lowest BCUT2D eigenvalue weighted by Gasteiger charge is -2.07. The molecule has 0 aliphatic rings. The Morgan fingerprint density at radius 1 is 1.33 bits per heavy atom. The number of nitrogens with zero attached hydrogens (tertiary/aromatic N) is 4. The third kappa shape index (κ3) is 2.50. The Morgan fingerprint density at radius 2 is 2.19 bits per heavy atom. The summed E-state index contributed by atoms with van der Waals surface area (Å²) in [6, 6.07) is 5.14. The SMILES string of the molecule is Cc1ccc(CNc2ncnc3[nH]cnc23)c([N+](=O)[O-])c1. The van der Waals surface area contributed by atoms with E-state index < -0.39 is 0 Å². The van der Waals surface area contributed by atoms with Crippen LogP contribution in [0.5, 0.6) is 0 Å². The number of anilines is 1. The van der Waals surface area contributed by atoms with E-state index in [0.717, 1.165) is 5.56 Å². The van der Waals surface area contributed by atoms with Crippen molar-refractivity contribution in [1.82, 2.24) is 19.9 Å². The van der Waals surface area contributed by atoms with Crippen LogP contribution in [0.2, 0.25) is 0 Å². The van der Waals surface area contributed by atoms with Crippen molar-refractivity contribution in [2.45, 2.75) is 13.5 Å². The maximum absolute atomic E-state index is 11.1. The summed E-state index contributed by atoms with van der Waals surface area (Å²) in [6.45, 7) is 2.11. The zero-order valence-corrected chi connectivity index (χ0v) is 11.2. The number of aromatic amines is 1. The standard InChI is InChI=1S/C13H12N6O2/c1-8-2-3-9(10(4-8)19(20)21)5-14-12-11-13(16-6-15-11)18-7-17-12/h2-4,6-7H,5H2,1H3,(H2,14,15,16,17,18). The van der Waals surface area contributed by atoms with Crippen molar-refractivity contribution >= 4 is 22.7 Å². The lowest BCUT2D eigenvalue weighted by atomic mass is 10.1. The highest BCUT2D eigenvalue weighted by Crippen LogP contribution is 2.22. The lowest BCUT2D eigenvalue weighted by Crippen LogP contribution is -2.05. The Bertz CT molecular complexity index is 813. The molecule has 3 rings (SSSR count). The molecule has 0 spiro atoms. The van der Waals surface area contributed by atoms with Crippen LogP contribution in [0.1, 0.15) is 11.1 Å². The number of imidazole rings is 1. The molecule has 2 aromatic heterocycles. The van der Waals surface area contributed by atoms with Crippen molar-refractivity contribution < 1.29 is 4.92 Å². The molecule has 2 N–H and O–H groups in total. The molecular formula is C13H12N6O2. The molecule has 8 nitrogen and oxygen atoms in total. The first-order chi connectivity index (χ1) is 10.1. The van der Waals surface area contributed by atoms with Crippen LogP contribution in [-0.4, -0.2) is 24.9 Å². The fourth-order valence-electron chi connectivity index (χ4n) is 2.07. The van der Waals surface area contributed by atoms with Gasteiger partial charge in [-0.25, -0.2) is 15.0 Å². The van der Waals surface area contributed by atoms with E-state index in [2.05, 4.69) is 25.3 Å². The number of hydrogen-bond donors (Lipinski definition) is 2. The fourth-order valence-corrected chi connectivity index (χ4v) is 2.07. The Balaban J connectivity index is 1.88. The summed E-state index contributed by atoms with van der Waals surface area (Å²) in [7, 11) is 0. The minimum absolute atomic E-state index is 0.0924. The van der Waals surface area contributed by atoms with E-state index in [0.29, 0.717) is 22.5 Å². The molecule has 0 saturated carbocycles. The normalized spacial score (nSPS) is 10.7. The van der Waals surface area contributed by atoms with Gasteiger partial charge in [-0.15, -0.1) is 0 Å². The molecule has 0 bridgehead atoms. The summed E-state index contributed by atoms with van der Waals surface area (Å²) in [5, 5.41) is 14.2. The average Bonchev–Trinajstić information content (AvgIpc) is 2.94. The second-order valence-electron chi connectivity index (χ2n) is 4.56. The molecule has 0 saturated heterocycles. The summed E-state index contributed by atoms with van der Waals surface area (Å²) in [5.41, 5.74) is 2.75. The highest BCUT2D eigenvalue weighted by Gasteiger charge is 2.14. The van der Waals surface area contributed by atoms with Crippen molar-refractivity contribution in [1.29, 1.82) is 0 Å². The topological polar surface area (TPSA) is 110 Å². The van der Waals surface area contributed by atoms with Gasteiger partial charge in [0, 0.05) is 18.2 Å². The van der Waals surface area contributed by atoms with E-state index in [1.165, 1.54) is 12.7 Å². The van der Waals surface area contributed by atoms with Crippen LogP contribution >= 0.6 is 0 Å². The summed E-state index contributed by atoms with van der Waals surface area (Å²) < 4.78 is 0. The number of H-pyrrole nitrogens is 1. The van der Waals surface area contributed by atoms with E-state index in [9.17, 15) is 10.1 Å². The van der Waals surface area contributed by atoms with Crippen LogP contribution < -0.4 is 5.32 Å². The molecule has 0 radical (unpaired) electrons. The average molecular weight is 284 g/mol. The second-order valence-corrected chi connectivity index (χ2v) is 4.56. The molecule has 0 atom stereocenters. The van der Waals surface area contributed by atoms with Crippen molar-refractivity contribution in [3.8, 4) is 0 Å². The number of nitro benzene ring substituents is 1. The number of rotatable bonds is 4. The lowest BCUT2D eigenvalue weighted by molar-refractivity contribution is -0.385. The van der Waals surface area contributed by atoms with Gasteiger partial charge in [-0.1, -0.05) is 12.1 Å². The highest BCUT2D eigenvalue weighted by molar-refractivity contribution is 5.81. The molecule has 0 amide bonds. The first kappa shape index (κ1) is 13.0. The molecule has 8 heteroatoms. The van der Waals surface area contributed by atoms with Crippen LogP contribution in [0.4, 0.5) is 11.5 Å². The molecule has 0 fully saturated rings. The van der Waals surface area contributed by atoms with E-state index in [-0.39, 0.29) is 17.2 Å². The van der Waals surface area contributed by atoms with E-state index in [1.54, 1.807) is 12.1 Å². The fraction of sp³-hybridized carbons (Fsp3) is 0.154. The van der Waals surface area contributed by atoms with Gasteiger partial charge in [-0.05, 0) is 12.5 Å². The third-order valence-corrected chi connectivity index (χ3v) is 3.10. The molecule has 106 valence electrons.